The predicted octanol–water partition coefficient (Wildman–Crippen LogP) is 6.15. The molecular weight excluding hydrogens is 601 g/mol. The van der Waals surface area contributed by atoms with Crippen LogP contribution in [0.15, 0.2) is 108 Å². The number of carbonyl (C=O) groups is 2. The van der Waals surface area contributed by atoms with Crippen molar-refractivity contribution in [2.45, 2.75) is 44.2 Å². The first kappa shape index (κ1) is 32.7. The normalized spacial score (nSPS) is 11.9. The molecule has 0 aromatic heterocycles. The summed E-state index contributed by atoms with van der Waals surface area (Å²) in [6.45, 7) is 3.48. The zero-order valence-electron chi connectivity index (χ0n) is 24.6. The van der Waals surface area contributed by atoms with Crippen LogP contribution in [0, 0.1) is 12.7 Å². The van der Waals surface area contributed by atoms with Gasteiger partial charge in [0.25, 0.3) is 10.0 Å². The second-order valence-electron chi connectivity index (χ2n) is 10.4. The fourth-order valence-electron chi connectivity index (χ4n) is 4.70. The van der Waals surface area contributed by atoms with Crippen LogP contribution in [0.5, 0.6) is 0 Å². The number of anilines is 1. The molecule has 0 spiro atoms. The molecule has 0 aliphatic heterocycles. The van der Waals surface area contributed by atoms with Gasteiger partial charge in [0.05, 0.1) is 10.6 Å². The molecule has 0 radical (unpaired) electrons. The zero-order valence-corrected chi connectivity index (χ0v) is 26.2. The SMILES string of the molecule is CCCNC(=O)[C@H](Cc1ccccc1)N(Cc1ccccc1Cl)C(=O)CN(c1ccc(F)cc1)S(=O)(=O)c1ccc(C)cc1. The first-order valence-corrected chi connectivity index (χ1v) is 16.1. The summed E-state index contributed by atoms with van der Waals surface area (Å²) in [6.07, 6.45) is 0.878. The lowest BCUT2D eigenvalue weighted by Crippen LogP contribution is -2.53. The second-order valence-corrected chi connectivity index (χ2v) is 12.7. The van der Waals surface area contributed by atoms with E-state index < -0.39 is 34.3 Å². The van der Waals surface area contributed by atoms with Gasteiger partial charge in [0.2, 0.25) is 11.8 Å². The largest absolute Gasteiger partial charge is 0.354 e. The van der Waals surface area contributed by atoms with E-state index in [0.29, 0.717) is 23.6 Å². The topological polar surface area (TPSA) is 86.8 Å². The molecule has 0 fully saturated rings. The summed E-state index contributed by atoms with van der Waals surface area (Å²) in [5.74, 6) is -1.55. The van der Waals surface area contributed by atoms with Crippen LogP contribution in [-0.4, -0.2) is 44.3 Å². The first-order chi connectivity index (χ1) is 21.1. The Balaban J connectivity index is 1.80. The number of halogens is 2. The van der Waals surface area contributed by atoms with Gasteiger partial charge in [-0.3, -0.25) is 13.9 Å². The van der Waals surface area contributed by atoms with Gasteiger partial charge in [-0.25, -0.2) is 12.8 Å². The number of carbonyl (C=O) groups excluding carboxylic acids is 2. The highest BCUT2D eigenvalue weighted by molar-refractivity contribution is 7.92. The number of benzene rings is 4. The average molecular weight is 636 g/mol. The number of amides is 2. The first-order valence-electron chi connectivity index (χ1n) is 14.3. The van der Waals surface area contributed by atoms with E-state index in [9.17, 15) is 22.4 Å². The Morgan fingerprint density at radius 2 is 1.52 bits per heavy atom. The van der Waals surface area contributed by atoms with Gasteiger partial charge >= 0.3 is 0 Å². The van der Waals surface area contributed by atoms with E-state index in [1.807, 2.05) is 44.2 Å². The van der Waals surface area contributed by atoms with Gasteiger partial charge in [-0.15, -0.1) is 0 Å². The summed E-state index contributed by atoms with van der Waals surface area (Å²) in [7, 11) is -4.28. The zero-order chi connectivity index (χ0) is 31.7. The maximum atomic E-state index is 14.4. The van der Waals surface area contributed by atoms with Gasteiger partial charge in [-0.05, 0) is 66.9 Å². The summed E-state index contributed by atoms with van der Waals surface area (Å²) in [4.78, 5) is 29.4. The lowest BCUT2D eigenvalue weighted by Gasteiger charge is -2.34. The van der Waals surface area contributed by atoms with E-state index in [-0.39, 0.29) is 29.5 Å². The van der Waals surface area contributed by atoms with Crippen LogP contribution in [0.2, 0.25) is 5.02 Å². The highest BCUT2D eigenvalue weighted by atomic mass is 35.5. The fraction of sp³-hybridized carbons (Fsp3) is 0.235. The number of rotatable bonds is 13. The van der Waals surface area contributed by atoms with Crippen LogP contribution in [0.3, 0.4) is 0 Å². The van der Waals surface area contributed by atoms with E-state index in [2.05, 4.69) is 5.32 Å². The van der Waals surface area contributed by atoms with Gasteiger partial charge < -0.3 is 10.2 Å². The Bertz CT molecular complexity index is 1670. The Morgan fingerprint density at radius 1 is 0.886 bits per heavy atom. The van der Waals surface area contributed by atoms with E-state index in [1.165, 1.54) is 29.2 Å². The van der Waals surface area contributed by atoms with Crippen molar-refractivity contribution < 1.29 is 22.4 Å². The third-order valence-corrected chi connectivity index (χ3v) is 9.28. The van der Waals surface area contributed by atoms with E-state index in [0.717, 1.165) is 27.6 Å². The second kappa shape index (κ2) is 15.0. The monoisotopic (exact) mass is 635 g/mol. The van der Waals surface area contributed by atoms with Gasteiger partial charge in [-0.1, -0.05) is 84.8 Å². The van der Waals surface area contributed by atoms with Crippen molar-refractivity contribution in [1.82, 2.24) is 10.2 Å². The molecule has 1 N–H and O–H groups in total. The van der Waals surface area contributed by atoms with Crippen LogP contribution in [-0.2, 0) is 32.6 Å². The Kier molecular flexibility index (Phi) is 11.1. The number of sulfonamides is 1. The summed E-state index contributed by atoms with van der Waals surface area (Å²) < 4.78 is 42.8. The van der Waals surface area contributed by atoms with Crippen molar-refractivity contribution in [1.29, 1.82) is 0 Å². The molecule has 4 rings (SSSR count). The van der Waals surface area contributed by atoms with Crippen molar-refractivity contribution >= 4 is 39.1 Å². The fourth-order valence-corrected chi connectivity index (χ4v) is 6.31. The Labute approximate surface area is 263 Å². The highest BCUT2D eigenvalue weighted by Gasteiger charge is 2.34. The molecule has 1 atom stereocenters. The molecule has 44 heavy (non-hydrogen) atoms. The predicted molar refractivity (Wildman–Crippen MR) is 171 cm³/mol. The molecule has 0 unspecified atom stereocenters. The molecule has 4 aromatic rings. The highest BCUT2D eigenvalue weighted by Crippen LogP contribution is 2.26. The van der Waals surface area contributed by atoms with Crippen LogP contribution in [0.25, 0.3) is 0 Å². The van der Waals surface area contributed by atoms with E-state index in [1.54, 1.807) is 36.4 Å². The minimum atomic E-state index is -4.28. The third-order valence-electron chi connectivity index (χ3n) is 7.12. The quantitative estimate of drug-likeness (QED) is 0.191. The number of hydrogen-bond donors (Lipinski definition) is 1. The summed E-state index contributed by atoms with van der Waals surface area (Å²) in [6, 6.07) is 26.4. The van der Waals surface area contributed by atoms with Crippen LogP contribution < -0.4 is 9.62 Å². The number of hydrogen-bond acceptors (Lipinski definition) is 4. The van der Waals surface area contributed by atoms with Gasteiger partial charge in [0.1, 0.15) is 18.4 Å². The van der Waals surface area contributed by atoms with Gasteiger partial charge in [-0.2, -0.15) is 0 Å². The standard InChI is InChI=1S/C34H35ClFN3O4S/c1-3-21-37-34(41)32(22-26-9-5-4-6-10-26)38(23-27-11-7-8-12-31(27)35)33(40)24-39(29-17-15-28(36)16-18-29)44(42,43)30-19-13-25(2)14-20-30/h4-20,32H,3,21-24H2,1-2H3,(H,37,41)/t32-/m0/s1. The van der Waals surface area contributed by atoms with Crippen molar-refractivity contribution in [3.8, 4) is 0 Å². The minimum Gasteiger partial charge on any atom is -0.354 e. The molecule has 7 nitrogen and oxygen atoms in total. The smallest absolute Gasteiger partial charge is 0.264 e. The summed E-state index contributed by atoms with van der Waals surface area (Å²) in [5, 5.41) is 3.30. The molecule has 0 aliphatic rings. The molecule has 230 valence electrons. The van der Waals surface area contributed by atoms with Crippen molar-refractivity contribution in [3.63, 3.8) is 0 Å². The Morgan fingerprint density at radius 3 is 2.16 bits per heavy atom. The number of nitrogens with one attached hydrogen (secondary N) is 1. The van der Waals surface area contributed by atoms with Crippen LogP contribution in [0.4, 0.5) is 10.1 Å². The third kappa shape index (κ3) is 8.24. The molecular formula is C34H35ClFN3O4S. The molecule has 0 saturated carbocycles. The van der Waals surface area contributed by atoms with E-state index in [4.69, 9.17) is 11.6 Å². The Hall–Kier alpha value is -4.21. The van der Waals surface area contributed by atoms with E-state index >= 15 is 0 Å². The minimum absolute atomic E-state index is 0.0283. The lowest BCUT2D eigenvalue weighted by molar-refractivity contribution is -0.140. The van der Waals surface area contributed by atoms with Crippen LogP contribution >= 0.6 is 11.6 Å². The molecule has 4 aromatic carbocycles. The van der Waals surface area contributed by atoms with Crippen molar-refractivity contribution in [3.05, 3.63) is 131 Å². The summed E-state index contributed by atoms with van der Waals surface area (Å²) in [5.41, 5.74) is 2.39. The maximum Gasteiger partial charge on any atom is 0.264 e. The number of nitrogens with zero attached hydrogens (tertiary/aromatic N) is 2. The molecule has 0 bridgehead atoms. The van der Waals surface area contributed by atoms with Gasteiger partial charge in [0, 0.05) is 24.5 Å². The molecule has 10 heteroatoms. The molecule has 2 amide bonds. The molecule has 0 heterocycles. The lowest BCUT2D eigenvalue weighted by atomic mass is 10.0. The van der Waals surface area contributed by atoms with Crippen molar-refractivity contribution in [2.75, 3.05) is 17.4 Å². The average Bonchev–Trinajstić information content (AvgIpc) is 3.02. The summed E-state index contributed by atoms with van der Waals surface area (Å²) >= 11 is 6.50. The van der Waals surface area contributed by atoms with Crippen LogP contribution in [0.1, 0.15) is 30.0 Å². The van der Waals surface area contributed by atoms with Crippen molar-refractivity contribution in [2.24, 2.45) is 0 Å². The molecule has 0 aliphatic carbocycles. The molecule has 0 saturated heterocycles. The van der Waals surface area contributed by atoms with Gasteiger partial charge in [0.15, 0.2) is 0 Å². The maximum absolute atomic E-state index is 14.4. The number of aryl methyl sites for hydroxylation is 1.